The molecular weight excluding hydrogens is 168 g/mol. The van der Waals surface area contributed by atoms with Gasteiger partial charge in [0.25, 0.3) is 0 Å². The summed E-state index contributed by atoms with van der Waals surface area (Å²) in [6.45, 7) is 5.98. The van der Waals surface area contributed by atoms with Crippen molar-refractivity contribution in [2.24, 2.45) is 5.92 Å². The van der Waals surface area contributed by atoms with Crippen molar-refractivity contribution in [2.45, 2.75) is 20.3 Å². The van der Waals surface area contributed by atoms with E-state index in [9.17, 15) is 0 Å². The van der Waals surface area contributed by atoms with Gasteiger partial charge in [-0.3, -0.25) is 0 Å². The maximum absolute atomic E-state index is 8.48. The van der Waals surface area contributed by atoms with Gasteiger partial charge in [-0.25, -0.2) is 0 Å². The summed E-state index contributed by atoms with van der Waals surface area (Å²) < 4.78 is 0. The highest BCUT2D eigenvalue weighted by Crippen LogP contribution is 1.99. The van der Waals surface area contributed by atoms with Crippen molar-refractivity contribution in [3.63, 3.8) is 0 Å². The third kappa shape index (κ3) is 7.90. The van der Waals surface area contributed by atoms with Gasteiger partial charge in [-0.15, -0.1) is 0 Å². The van der Waals surface area contributed by atoms with E-state index in [4.69, 9.17) is 5.26 Å². The van der Waals surface area contributed by atoms with E-state index in [-0.39, 0.29) is 5.92 Å². The molecule has 0 aromatic carbocycles. The standard InChI is InChI=1S/C9H18N2S/c1-3-12-6-4-5-11-8-9(2)7-10/h9,11H,3-6,8H2,1-2H3. The Morgan fingerprint density at radius 2 is 2.33 bits per heavy atom. The van der Waals surface area contributed by atoms with Crippen molar-refractivity contribution in [1.29, 1.82) is 5.26 Å². The van der Waals surface area contributed by atoms with Crippen LogP contribution in [0.15, 0.2) is 0 Å². The zero-order chi connectivity index (χ0) is 9.23. The van der Waals surface area contributed by atoms with E-state index in [0.717, 1.165) is 13.1 Å². The number of hydrogen-bond acceptors (Lipinski definition) is 3. The van der Waals surface area contributed by atoms with Crippen molar-refractivity contribution in [1.82, 2.24) is 5.32 Å². The molecule has 1 atom stereocenters. The van der Waals surface area contributed by atoms with E-state index in [1.54, 1.807) is 0 Å². The van der Waals surface area contributed by atoms with Crippen LogP contribution in [0, 0.1) is 17.2 Å². The fraction of sp³-hybridized carbons (Fsp3) is 0.889. The zero-order valence-corrected chi connectivity index (χ0v) is 8.78. The van der Waals surface area contributed by atoms with E-state index in [1.807, 2.05) is 18.7 Å². The smallest absolute Gasteiger partial charge is 0.0666 e. The monoisotopic (exact) mass is 186 g/mol. The summed E-state index contributed by atoms with van der Waals surface area (Å²) in [6, 6.07) is 2.20. The predicted molar refractivity (Wildman–Crippen MR) is 55.3 cm³/mol. The van der Waals surface area contributed by atoms with Crippen molar-refractivity contribution in [3.05, 3.63) is 0 Å². The van der Waals surface area contributed by atoms with Crippen molar-refractivity contribution >= 4 is 11.8 Å². The molecule has 0 spiro atoms. The predicted octanol–water partition coefficient (Wildman–Crippen LogP) is 1.88. The van der Waals surface area contributed by atoms with Gasteiger partial charge in [0.2, 0.25) is 0 Å². The van der Waals surface area contributed by atoms with Gasteiger partial charge in [0, 0.05) is 6.54 Å². The highest BCUT2D eigenvalue weighted by molar-refractivity contribution is 7.99. The molecule has 0 aromatic heterocycles. The van der Waals surface area contributed by atoms with Gasteiger partial charge < -0.3 is 5.32 Å². The quantitative estimate of drug-likeness (QED) is 0.617. The molecule has 0 aliphatic heterocycles. The van der Waals surface area contributed by atoms with Gasteiger partial charge in [0.05, 0.1) is 12.0 Å². The molecular formula is C9H18N2S. The van der Waals surface area contributed by atoms with Crippen LogP contribution >= 0.6 is 11.8 Å². The van der Waals surface area contributed by atoms with Crippen LogP contribution < -0.4 is 5.32 Å². The molecule has 1 N–H and O–H groups in total. The highest BCUT2D eigenvalue weighted by atomic mass is 32.2. The maximum Gasteiger partial charge on any atom is 0.0666 e. The number of rotatable bonds is 7. The van der Waals surface area contributed by atoms with Gasteiger partial charge in [0.1, 0.15) is 0 Å². The molecule has 0 aliphatic carbocycles. The Hall–Kier alpha value is -0.200. The van der Waals surface area contributed by atoms with Crippen LogP contribution in [0.2, 0.25) is 0 Å². The first-order valence-corrected chi connectivity index (χ1v) is 5.64. The largest absolute Gasteiger partial charge is 0.315 e. The molecule has 0 rings (SSSR count). The molecule has 0 fully saturated rings. The summed E-state index contributed by atoms with van der Waals surface area (Å²) in [7, 11) is 0. The number of nitrogens with zero attached hydrogens (tertiary/aromatic N) is 1. The Kier molecular flexibility index (Phi) is 8.74. The van der Waals surface area contributed by atoms with Crippen LogP contribution in [0.5, 0.6) is 0 Å². The van der Waals surface area contributed by atoms with Gasteiger partial charge >= 0.3 is 0 Å². The van der Waals surface area contributed by atoms with Crippen LogP contribution in [0.4, 0.5) is 0 Å². The van der Waals surface area contributed by atoms with Crippen molar-refractivity contribution < 1.29 is 0 Å². The lowest BCUT2D eigenvalue weighted by Crippen LogP contribution is -2.21. The Morgan fingerprint density at radius 3 is 2.92 bits per heavy atom. The van der Waals surface area contributed by atoms with Gasteiger partial charge in [-0.05, 0) is 31.4 Å². The molecule has 12 heavy (non-hydrogen) atoms. The number of thioether (sulfide) groups is 1. The minimum atomic E-state index is 0.142. The highest BCUT2D eigenvalue weighted by Gasteiger charge is 1.96. The summed E-state index contributed by atoms with van der Waals surface area (Å²) in [5.41, 5.74) is 0. The topological polar surface area (TPSA) is 35.8 Å². The lowest BCUT2D eigenvalue weighted by atomic mass is 10.2. The Morgan fingerprint density at radius 1 is 1.58 bits per heavy atom. The van der Waals surface area contributed by atoms with Crippen LogP contribution in [0.3, 0.4) is 0 Å². The average molecular weight is 186 g/mol. The molecule has 0 saturated carbocycles. The van der Waals surface area contributed by atoms with Crippen molar-refractivity contribution in [2.75, 3.05) is 24.6 Å². The Balaban J connectivity index is 2.96. The Bertz CT molecular complexity index is 131. The summed E-state index contributed by atoms with van der Waals surface area (Å²) in [6.07, 6.45) is 1.21. The molecule has 2 nitrogen and oxygen atoms in total. The van der Waals surface area contributed by atoms with Crippen LogP contribution in [0.25, 0.3) is 0 Å². The van der Waals surface area contributed by atoms with E-state index in [1.165, 1.54) is 17.9 Å². The third-order valence-corrected chi connectivity index (χ3v) is 2.50. The molecule has 0 saturated heterocycles. The summed E-state index contributed by atoms with van der Waals surface area (Å²) in [4.78, 5) is 0. The first-order chi connectivity index (χ1) is 5.81. The minimum Gasteiger partial charge on any atom is -0.315 e. The van der Waals surface area contributed by atoms with Gasteiger partial charge in [-0.2, -0.15) is 17.0 Å². The number of hydrogen-bond donors (Lipinski definition) is 1. The molecule has 0 heterocycles. The lowest BCUT2D eigenvalue weighted by molar-refractivity contribution is 0.598. The lowest BCUT2D eigenvalue weighted by Gasteiger charge is -2.04. The molecule has 0 bridgehead atoms. The Labute approximate surface area is 79.7 Å². The zero-order valence-electron chi connectivity index (χ0n) is 7.97. The average Bonchev–Trinajstić information content (AvgIpc) is 2.10. The molecule has 3 heteroatoms. The van der Waals surface area contributed by atoms with Gasteiger partial charge in [-0.1, -0.05) is 6.92 Å². The van der Waals surface area contributed by atoms with E-state index in [2.05, 4.69) is 18.3 Å². The fourth-order valence-corrected chi connectivity index (χ4v) is 1.44. The second-order valence-electron chi connectivity index (χ2n) is 2.78. The SMILES string of the molecule is CCSCCCNCC(C)C#N. The molecule has 0 amide bonds. The van der Waals surface area contributed by atoms with E-state index < -0.39 is 0 Å². The third-order valence-electron chi connectivity index (χ3n) is 1.52. The molecule has 0 aromatic rings. The van der Waals surface area contributed by atoms with Crippen LogP contribution in [-0.4, -0.2) is 24.6 Å². The van der Waals surface area contributed by atoms with Crippen LogP contribution in [-0.2, 0) is 0 Å². The summed E-state index contributed by atoms with van der Waals surface area (Å²) >= 11 is 1.97. The fourth-order valence-electron chi connectivity index (χ4n) is 0.808. The maximum atomic E-state index is 8.48. The van der Waals surface area contributed by atoms with E-state index in [0.29, 0.717) is 0 Å². The van der Waals surface area contributed by atoms with Crippen molar-refractivity contribution in [3.8, 4) is 6.07 Å². The van der Waals surface area contributed by atoms with Gasteiger partial charge in [0.15, 0.2) is 0 Å². The molecule has 0 aliphatic rings. The molecule has 70 valence electrons. The molecule has 0 radical (unpaired) electrons. The summed E-state index contributed by atoms with van der Waals surface area (Å²) in [5, 5.41) is 11.7. The van der Waals surface area contributed by atoms with Crippen LogP contribution in [0.1, 0.15) is 20.3 Å². The molecule has 1 unspecified atom stereocenters. The number of nitriles is 1. The minimum absolute atomic E-state index is 0.142. The van der Waals surface area contributed by atoms with E-state index >= 15 is 0 Å². The first kappa shape index (κ1) is 11.8. The second kappa shape index (κ2) is 8.89. The second-order valence-corrected chi connectivity index (χ2v) is 4.18. The normalized spacial score (nSPS) is 12.4. The first-order valence-electron chi connectivity index (χ1n) is 4.49. The number of nitrogens with one attached hydrogen (secondary N) is 1. The summed E-state index contributed by atoms with van der Waals surface area (Å²) in [5.74, 6) is 2.57.